The quantitative estimate of drug-likeness (QED) is 0.0751. The maximum absolute atomic E-state index is 11.7. The van der Waals surface area contributed by atoms with Crippen molar-refractivity contribution in [2.45, 2.75) is 78.2 Å². The van der Waals surface area contributed by atoms with Gasteiger partial charge in [-0.25, -0.2) is 0 Å². The van der Waals surface area contributed by atoms with Gasteiger partial charge >= 0.3 is 5.97 Å². The van der Waals surface area contributed by atoms with Crippen molar-refractivity contribution < 1.29 is 52.2 Å². The van der Waals surface area contributed by atoms with Crippen molar-refractivity contribution in [1.29, 1.82) is 0 Å². The van der Waals surface area contributed by atoms with Crippen LogP contribution in [0.4, 0.5) is 0 Å². The fraction of sp³-hybridized carbons (Fsp3) is 0.968. The zero-order chi connectivity index (χ0) is 30.6. The van der Waals surface area contributed by atoms with Crippen LogP contribution in [0.25, 0.3) is 0 Å². The summed E-state index contributed by atoms with van der Waals surface area (Å²) in [5, 5.41) is 0. The Bertz CT molecular complexity index is 523. The van der Waals surface area contributed by atoms with Crippen LogP contribution >= 0.6 is 0 Å². The predicted molar refractivity (Wildman–Crippen MR) is 161 cm³/mol. The third kappa shape index (κ3) is 37.1. The molecule has 0 aromatic rings. The van der Waals surface area contributed by atoms with Crippen molar-refractivity contribution in [1.82, 2.24) is 0 Å². The SMILES string of the molecule is CCCCCCCCCC(=O)OCCOCCOCCOCCOCCOCCOCCOCCOCCOC(C)C. The number of rotatable bonds is 36. The lowest BCUT2D eigenvalue weighted by Crippen LogP contribution is -2.15. The maximum Gasteiger partial charge on any atom is 0.305 e. The van der Waals surface area contributed by atoms with Crippen LogP contribution in [-0.2, 0) is 52.2 Å². The Morgan fingerprint density at radius 3 is 1.10 bits per heavy atom. The Morgan fingerprint density at radius 2 is 0.738 bits per heavy atom. The maximum atomic E-state index is 11.7. The van der Waals surface area contributed by atoms with E-state index in [0.717, 1.165) is 12.8 Å². The van der Waals surface area contributed by atoms with Crippen LogP contribution < -0.4 is 0 Å². The lowest BCUT2D eigenvalue weighted by atomic mass is 10.1. The second-order valence-electron chi connectivity index (χ2n) is 9.91. The van der Waals surface area contributed by atoms with E-state index < -0.39 is 0 Å². The lowest BCUT2D eigenvalue weighted by Gasteiger charge is -2.09. The molecule has 0 amide bonds. The molecule has 0 rings (SSSR count). The molecule has 252 valence electrons. The molecule has 0 saturated carbocycles. The molecule has 0 spiro atoms. The summed E-state index contributed by atoms with van der Waals surface area (Å²) in [6, 6.07) is 0. The molecule has 0 saturated heterocycles. The normalized spacial score (nSPS) is 11.5. The third-order valence-electron chi connectivity index (χ3n) is 5.76. The molecule has 0 aliphatic carbocycles. The summed E-state index contributed by atoms with van der Waals surface area (Å²) < 4.78 is 54.1. The molecule has 0 N–H and O–H groups in total. The van der Waals surface area contributed by atoms with Gasteiger partial charge in [-0.15, -0.1) is 0 Å². The van der Waals surface area contributed by atoms with E-state index in [9.17, 15) is 4.79 Å². The Morgan fingerprint density at radius 1 is 0.429 bits per heavy atom. The molecular formula is C31H62O11. The van der Waals surface area contributed by atoms with Gasteiger partial charge in [0.1, 0.15) is 6.61 Å². The van der Waals surface area contributed by atoms with Gasteiger partial charge in [0.15, 0.2) is 0 Å². The monoisotopic (exact) mass is 610 g/mol. The highest BCUT2D eigenvalue weighted by atomic mass is 16.6. The smallest absolute Gasteiger partial charge is 0.305 e. The number of ether oxygens (including phenoxy) is 10. The molecule has 0 aliphatic heterocycles. The van der Waals surface area contributed by atoms with Crippen molar-refractivity contribution in [3.8, 4) is 0 Å². The number of carbonyl (C=O) groups excluding carboxylic acids is 1. The van der Waals surface area contributed by atoms with Gasteiger partial charge in [0, 0.05) is 6.42 Å². The predicted octanol–water partition coefficient (Wildman–Crippen LogP) is 4.23. The number of hydrogen-bond acceptors (Lipinski definition) is 11. The van der Waals surface area contributed by atoms with Crippen molar-refractivity contribution >= 4 is 5.97 Å². The molecule has 42 heavy (non-hydrogen) atoms. The summed E-state index contributed by atoms with van der Waals surface area (Å²) in [5.74, 6) is -0.138. The van der Waals surface area contributed by atoms with Crippen molar-refractivity contribution in [3.05, 3.63) is 0 Å². The summed E-state index contributed by atoms with van der Waals surface area (Å²) >= 11 is 0. The summed E-state index contributed by atoms with van der Waals surface area (Å²) in [6.45, 7) is 15.3. The molecular weight excluding hydrogens is 548 g/mol. The molecule has 0 fully saturated rings. The van der Waals surface area contributed by atoms with Gasteiger partial charge < -0.3 is 47.4 Å². The van der Waals surface area contributed by atoms with Crippen molar-refractivity contribution in [2.75, 3.05) is 119 Å². The molecule has 0 radical (unpaired) electrons. The molecule has 0 atom stereocenters. The van der Waals surface area contributed by atoms with Gasteiger partial charge in [-0.1, -0.05) is 45.4 Å². The molecule has 0 unspecified atom stereocenters. The Kier molecular flexibility index (Phi) is 35.5. The second kappa shape index (κ2) is 36.3. The van der Waals surface area contributed by atoms with E-state index in [1.807, 2.05) is 13.8 Å². The summed E-state index contributed by atoms with van der Waals surface area (Å²) in [6.07, 6.45) is 9.05. The fourth-order valence-corrected chi connectivity index (χ4v) is 3.50. The lowest BCUT2D eigenvalue weighted by molar-refractivity contribution is -0.145. The van der Waals surface area contributed by atoms with E-state index in [1.165, 1.54) is 32.1 Å². The molecule has 0 bridgehead atoms. The van der Waals surface area contributed by atoms with Gasteiger partial charge in [0.05, 0.1) is 118 Å². The second-order valence-corrected chi connectivity index (χ2v) is 9.91. The first-order chi connectivity index (χ1) is 20.7. The van der Waals surface area contributed by atoms with Gasteiger partial charge in [-0.2, -0.15) is 0 Å². The Hall–Kier alpha value is -0.890. The van der Waals surface area contributed by atoms with Crippen molar-refractivity contribution in [2.24, 2.45) is 0 Å². The minimum atomic E-state index is -0.138. The van der Waals surface area contributed by atoms with Gasteiger partial charge in [0.25, 0.3) is 0 Å². The third-order valence-corrected chi connectivity index (χ3v) is 5.76. The molecule has 0 heterocycles. The topological polar surface area (TPSA) is 109 Å². The van der Waals surface area contributed by atoms with Crippen LogP contribution in [0.1, 0.15) is 72.1 Å². The summed E-state index contributed by atoms with van der Waals surface area (Å²) in [4.78, 5) is 11.7. The number of unbranched alkanes of at least 4 members (excludes halogenated alkanes) is 6. The van der Waals surface area contributed by atoms with Gasteiger partial charge in [-0.05, 0) is 20.3 Å². The summed E-state index contributed by atoms with van der Waals surface area (Å²) in [5.41, 5.74) is 0. The van der Waals surface area contributed by atoms with E-state index >= 15 is 0 Å². The average Bonchev–Trinajstić information content (AvgIpc) is 2.98. The van der Waals surface area contributed by atoms with E-state index in [2.05, 4.69) is 6.92 Å². The van der Waals surface area contributed by atoms with Gasteiger partial charge in [0.2, 0.25) is 0 Å². The molecule has 11 heteroatoms. The first-order valence-electron chi connectivity index (χ1n) is 16.1. The first kappa shape index (κ1) is 41.1. The van der Waals surface area contributed by atoms with Crippen LogP contribution in [0.3, 0.4) is 0 Å². The largest absolute Gasteiger partial charge is 0.463 e. The van der Waals surface area contributed by atoms with E-state index in [0.29, 0.717) is 125 Å². The minimum absolute atomic E-state index is 0.138. The van der Waals surface area contributed by atoms with E-state index in [1.54, 1.807) is 0 Å². The average molecular weight is 611 g/mol. The Balaban J connectivity index is 3.10. The number of esters is 1. The van der Waals surface area contributed by atoms with E-state index in [-0.39, 0.29) is 12.1 Å². The molecule has 0 aromatic heterocycles. The van der Waals surface area contributed by atoms with Crippen LogP contribution in [0, 0.1) is 0 Å². The van der Waals surface area contributed by atoms with Crippen LogP contribution in [0.5, 0.6) is 0 Å². The minimum Gasteiger partial charge on any atom is -0.463 e. The standard InChI is InChI=1S/C31H62O11/c1-4-5-6-7-8-9-10-11-31(32)42-29-27-40-25-23-38-21-19-36-17-15-34-13-12-33-14-16-35-18-20-37-22-24-39-26-28-41-30(2)3/h30H,4-29H2,1-3H3. The van der Waals surface area contributed by atoms with Gasteiger partial charge in [-0.3, -0.25) is 4.79 Å². The van der Waals surface area contributed by atoms with Crippen LogP contribution in [0.2, 0.25) is 0 Å². The van der Waals surface area contributed by atoms with Crippen molar-refractivity contribution in [3.63, 3.8) is 0 Å². The fourth-order valence-electron chi connectivity index (χ4n) is 3.50. The van der Waals surface area contributed by atoms with Crippen LogP contribution in [0.15, 0.2) is 0 Å². The zero-order valence-corrected chi connectivity index (χ0v) is 27.0. The number of hydrogen-bond donors (Lipinski definition) is 0. The Labute approximate surface area is 255 Å². The number of carbonyl (C=O) groups is 1. The molecule has 0 aliphatic rings. The highest BCUT2D eigenvalue weighted by molar-refractivity contribution is 5.69. The summed E-state index contributed by atoms with van der Waals surface area (Å²) in [7, 11) is 0. The van der Waals surface area contributed by atoms with Crippen LogP contribution in [-0.4, -0.2) is 131 Å². The molecule has 0 aromatic carbocycles. The van der Waals surface area contributed by atoms with E-state index in [4.69, 9.17) is 47.4 Å². The zero-order valence-electron chi connectivity index (χ0n) is 27.0. The molecule has 11 nitrogen and oxygen atoms in total. The highest BCUT2D eigenvalue weighted by Gasteiger charge is 2.02. The first-order valence-corrected chi connectivity index (χ1v) is 16.1. The highest BCUT2D eigenvalue weighted by Crippen LogP contribution is 2.08.